The Morgan fingerprint density at radius 2 is 2.44 bits per heavy atom. The highest BCUT2D eigenvalue weighted by atomic mass is 32.1. The Morgan fingerprint density at radius 3 is 3.00 bits per heavy atom. The van der Waals surface area contributed by atoms with E-state index in [0.717, 1.165) is 25.8 Å². The van der Waals surface area contributed by atoms with E-state index < -0.39 is 0 Å². The highest BCUT2D eigenvalue weighted by Crippen LogP contribution is 2.26. The number of hydrogen-bond acceptors (Lipinski definition) is 3. The number of hydrogen-bond donors (Lipinski definition) is 1. The van der Waals surface area contributed by atoms with Crippen molar-refractivity contribution in [3.63, 3.8) is 0 Å². The summed E-state index contributed by atoms with van der Waals surface area (Å²) in [5.41, 5.74) is 5.83. The van der Waals surface area contributed by atoms with E-state index in [9.17, 15) is 4.79 Å². The van der Waals surface area contributed by atoms with Crippen molar-refractivity contribution in [1.29, 1.82) is 0 Å². The number of thiophene rings is 1. The molecular formula is C12H18N2OS. The first-order chi connectivity index (χ1) is 7.66. The topological polar surface area (TPSA) is 46.3 Å². The fourth-order valence-electron chi connectivity index (χ4n) is 2.27. The predicted molar refractivity (Wildman–Crippen MR) is 66.1 cm³/mol. The van der Waals surface area contributed by atoms with E-state index in [1.165, 1.54) is 4.88 Å². The van der Waals surface area contributed by atoms with E-state index in [2.05, 4.69) is 6.07 Å². The average molecular weight is 238 g/mol. The van der Waals surface area contributed by atoms with Gasteiger partial charge in [0.25, 0.3) is 0 Å². The van der Waals surface area contributed by atoms with Crippen LogP contribution in [0, 0.1) is 5.92 Å². The van der Waals surface area contributed by atoms with Gasteiger partial charge in [0.2, 0.25) is 5.91 Å². The Kier molecular flexibility index (Phi) is 3.61. The van der Waals surface area contributed by atoms with Crippen molar-refractivity contribution in [3.8, 4) is 0 Å². The SMILES string of the molecule is CN(Cc1cccs1)C(=O)C1CCC(N)C1. The molecule has 0 aliphatic heterocycles. The maximum absolute atomic E-state index is 12.1. The molecule has 4 heteroatoms. The minimum absolute atomic E-state index is 0.153. The second kappa shape index (κ2) is 4.97. The zero-order chi connectivity index (χ0) is 11.5. The number of nitrogens with zero attached hydrogens (tertiary/aromatic N) is 1. The Bertz CT molecular complexity index is 350. The number of carbonyl (C=O) groups excluding carboxylic acids is 1. The molecule has 2 unspecified atom stereocenters. The third kappa shape index (κ3) is 2.62. The minimum atomic E-state index is 0.153. The fourth-order valence-corrected chi connectivity index (χ4v) is 3.02. The van der Waals surface area contributed by atoms with E-state index in [4.69, 9.17) is 5.73 Å². The second-order valence-corrected chi connectivity index (χ2v) is 5.58. The summed E-state index contributed by atoms with van der Waals surface area (Å²) in [5.74, 6) is 0.404. The average Bonchev–Trinajstić information content (AvgIpc) is 2.88. The summed E-state index contributed by atoms with van der Waals surface area (Å²) < 4.78 is 0. The Hall–Kier alpha value is -0.870. The molecule has 1 amide bonds. The van der Waals surface area contributed by atoms with Crippen LogP contribution >= 0.6 is 11.3 Å². The smallest absolute Gasteiger partial charge is 0.225 e. The van der Waals surface area contributed by atoms with Crippen molar-refractivity contribution in [2.45, 2.75) is 31.8 Å². The first-order valence-electron chi connectivity index (χ1n) is 5.69. The summed E-state index contributed by atoms with van der Waals surface area (Å²) in [6.45, 7) is 0.724. The van der Waals surface area contributed by atoms with Crippen LogP contribution in [-0.4, -0.2) is 23.9 Å². The van der Waals surface area contributed by atoms with E-state index in [1.807, 2.05) is 23.4 Å². The van der Waals surface area contributed by atoms with Crippen molar-refractivity contribution in [2.75, 3.05) is 7.05 Å². The maximum Gasteiger partial charge on any atom is 0.225 e. The second-order valence-electron chi connectivity index (χ2n) is 4.54. The molecule has 0 bridgehead atoms. The van der Waals surface area contributed by atoms with Gasteiger partial charge >= 0.3 is 0 Å². The molecule has 2 rings (SSSR count). The predicted octanol–water partition coefficient (Wildman–Crippen LogP) is 1.83. The van der Waals surface area contributed by atoms with Crippen LogP contribution < -0.4 is 5.73 Å². The number of rotatable bonds is 3. The van der Waals surface area contributed by atoms with Crippen LogP contribution in [0.3, 0.4) is 0 Å². The third-order valence-corrected chi connectivity index (χ3v) is 4.03. The molecular weight excluding hydrogens is 220 g/mol. The number of nitrogens with two attached hydrogens (primary N) is 1. The number of carbonyl (C=O) groups is 1. The molecule has 1 aliphatic rings. The quantitative estimate of drug-likeness (QED) is 0.873. The molecule has 2 atom stereocenters. The van der Waals surface area contributed by atoms with Gasteiger partial charge in [-0.1, -0.05) is 6.07 Å². The molecule has 1 aromatic heterocycles. The molecule has 16 heavy (non-hydrogen) atoms. The van der Waals surface area contributed by atoms with E-state index >= 15 is 0 Å². The van der Waals surface area contributed by atoms with Crippen molar-refractivity contribution < 1.29 is 4.79 Å². The van der Waals surface area contributed by atoms with Gasteiger partial charge in [-0.2, -0.15) is 0 Å². The Morgan fingerprint density at radius 1 is 1.62 bits per heavy atom. The molecule has 0 spiro atoms. The molecule has 0 radical (unpaired) electrons. The standard InChI is InChI=1S/C12H18N2OS/c1-14(8-11-3-2-6-16-11)12(15)9-4-5-10(13)7-9/h2-3,6,9-10H,4-5,7-8,13H2,1H3. The van der Waals surface area contributed by atoms with Gasteiger partial charge in [0.15, 0.2) is 0 Å². The van der Waals surface area contributed by atoms with Gasteiger partial charge < -0.3 is 10.6 Å². The lowest BCUT2D eigenvalue weighted by Crippen LogP contribution is -2.31. The summed E-state index contributed by atoms with van der Waals surface area (Å²) in [6, 6.07) is 4.31. The van der Waals surface area contributed by atoms with Gasteiger partial charge in [0.05, 0.1) is 6.54 Å². The molecule has 0 saturated heterocycles. The van der Waals surface area contributed by atoms with Crippen molar-refractivity contribution >= 4 is 17.2 Å². The summed E-state index contributed by atoms with van der Waals surface area (Å²) in [4.78, 5) is 15.2. The zero-order valence-electron chi connectivity index (χ0n) is 9.56. The molecule has 2 N–H and O–H groups in total. The molecule has 1 heterocycles. The van der Waals surface area contributed by atoms with E-state index in [1.54, 1.807) is 11.3 Å². The molecule has 1 aromatic rings. The molecule has 88 valence electrons. The van der Waals surface area contributed by atoms with Gasteiger partial charge in [-0.3, -0.25) is 4.79 Å². The molecule has 3 nitrogen and oxygen atoms in total. The van der Waals surface area contributed by atoms with Crippen LogP contribution in [0.4, 0.5) is 0 Å². The Labute approximate surface area is 100 Å². The van der Waals surface area contributed by atoms with Crippen LogP contribution in [0.1, 0.15) is 24.1 Å². The van der Waals surface area contributed by atoms with Crippen molar-refractivity contribution in [1.82, 2.24) is 4.90 Å². The summed E-state index contributed by atoms with van der Waals surface area (Å²) in [5, 5.41) is 2.04. The van der Waals surface area contributed by atoms with Gasteiger partial charge in [-0.05, 0) is 30.7 Å². The van der Waals surface area contributed by atoms with Crippen LogP contribution in [0.15, 0.2) is 17.5 Å². The van der Waals surface area contributed by atoms with Crippen LogP contribution in [0.5, 0.6) is 0 Å². The molecule has 1 fully saturated rings. The lowest BCUT2D eigenvalue weighted by Gasteiger charge is -2.20. The fraction of sp³-hybridized carbons (Fsp3) is 0.583. The first-order valence-corrected chi connectivity index (χ1v) is 6.57. The van der Waals surface area contributed by atoms with Crippen LogP contribution in [0.25, 0.3) is 0 Å². The third-order valence-electron chi connectivity index (χ3n) is 3.17. The molecule has 1 aliphatic carbocycles. The maximum atomic E-state index is 12.1. The van der Waals surface area contributed by atoms with E-state index in [0.29, 0.717) is 0 Å². The van der Waals surface area contributed by atoms with Gasteiger partial charge in [0, 0.05) is 23.9 Å². The summed E-state index contributed by atoms with van der Waals surface area (Å²) in [6.07, 6.45) is 2.80. The molecule has 1 saturated carbocycles. The molecule has 0 aromatic carbocycles. The Balaban J connectivity index is 1.89. The highest BCUT2D eigenvalue weighted by Gasteiger charge is 2.29. The van der Waals surface area contributed by atoms with Crippen LogP contribution in [-0.2, 0) is 11.3 Å². The monoisotopic (exact) mass is 238 g/mol. The largest absolute Gasteiger partial charge is 0.340 e. The van der Waals surface area contributed by atoms with Crippen molar-refractivity contribution in [3.05, 3.63) is 22.4 Å². The zero-order valence-corrected chi connectivity index (χ0v) is 10.4. The lowest BCUT2D eigenvalue weighted by molar-refractivity contribution is -0.134. The van der Waals surface area contributed by atoms with Gasteiger partial charge in [-0.25, -0.2) is 0 Å². The number of amides is 1. The van der Waals surface area contributed by atoms with E-state index in [-0.39, 0.29) is 17.9 Å². The highest BCUT2D eigenvalue weighted by molar-refractivity contribution is 7.09. The first kappa shape index (κ1) is 11.6. The van der Waals surface area contributed by atoms with Crippen molar-refractivity contribution in [2.24, 2.45) is 11.7 Å². The minimum Gasteiger partial charge on any atom is -0.340 e. The van der Waals surface area contributed by atoms with Crippen LogP contribution in [0.2, 0.25) is 0 Å². The van der Waals surface area contributed by atoms with Gasteiger partial charge in [-0.15, -0.1) is 11.3 Å². The summed E-state index contributed by atoms with van der Waals surface area (Å²) in [7, 11) is 1.88. The lowest BCUT2D eigenvalue weighted by atomic mass is 10.1. The summed E-state index contributed by atoms with van der Waals surface area (Å²) >= 11 is 1.69. The normalized spacial score (nSPS) is 24.6. The van der Waals surface area contributed by atoms with Gasteiger partial charge in [0.1, 0.15) is 0 Å².